The Hall–Kier alpha value is -1.16. The molecule has 1 fully saturated rings. The van der Waals surface area contributed by atoms with Crippen LogP contribution in [0.4, 0.5) is 4.79 Å². The van der Waals surface area contributed by atoms with E-state index in [4.69, 9.17) is 4.74 Å². The monoisotopic (exact) mass is 251 g/mol. The molecule has 0 aliphatic carbocycles. The van der Waals surface area contributed by atoms with Gasteiger partial charge in [-0.1, -0.05) is 32.9 Å². The highest BCUT2D eigenvalue weighted by Crippen LogP contribution is 2.28. The molecule has 0 atom stereocenters. The Morgan fingerprint density at radius 2 is 1.88 bits per heavy atom. The van der Waals surface area contributed by atoms with Crippen molar-refractivity contribution in [3.8, 4) is 0 Å². The Morgan fingerprint density at radius 3 is 2.35 bits per heavy atom. The first kappa shape index (κ1) is 12.3. The van der Waals surface area contributed by atoms with E-state index in [2.05, 4.69) is 45.0 Å². The molecule has 2 rings (SSSR count). The molecule has 1 aliphatic heterocycles. The van der Waals surface area contributed by atoms with E-state index in [1.165, 1.54) is 17.5 Å². The molecule has 0 aromatic heterocycles. The van der Waals surface area contributed by atoms with Crippen LogP contribution < -0.4 is 0 Å². The lowest BCUT2D eigenvalue weighted by Crippen LogP contribution is -2.15. The molecule has 1 amide bonds. The average Bonchev–Trinajstić information content (AvgIpc) is 2.64. The Balaban J connectivity index is 2.06. The van der Waals surface area contributed by atoms with Gasteiger partial charge in [0.2, 0.25) is 0 Å². The molecule has 17 heavy (non-hydrogen) atoms. The molecule has 0 bridgehead atoms. The number of ether oxygens (including phenoxy) is 1. The lowest BCUT2D eigenvalue weighted by Gasteiger charge is -2.19. The molecule has 0 spiro atoms. The third kappa shape index (κ3) is 2.94. The lowest BCUT2D eigenvalue weighted by molar-refractivity contribution is 0.171. The van der Waals surface area contributed by atoms with E-state index in [9.17, 15) is 4.79 Å². The van der Waals surface area contributed by atoms with Crippen LogP contribution >= 0.6 is 11.9 Å². The molecule has 1 heterocycles. The zero-order valence-electron chi connectivity index (χ0n) is 10.4. The van der Waals surface area contributed by atoms with Crippen LogP contribution in [0.1, 0.15) is 26.3 Å². The summed E-state index contributed by atoms with van der Waals surface area (Å²) in [5.41, 5.74) is 1.46. The first-order valence-corrected chi connectivity index (χ1v) is 6.47. The second-order valence-corrected chi connectivity index (χ2v) is 6.18. The number of amides is 1. The molecule has 0 radical (unpaired) electrons. The van der Waals surface area contributed by atoms with Crippen molar-refractivity contribution >= 4 is 18.0 Å². The van der Waals surface area contributed by atoms with Crippen molar-refractivity contribution < 1.29 is 9.53 Å². The number of rotatable bonds is 2. The van der Waals surface area contributed by atoms with Crippen LogP contribution in [0.3, 0.4) is 0 Å². The highest BCUT2D eigenvalue weighted by molar-refractivity contribution is 7.97. The maximum Gasteiger partial charge on any atom is 0.420 e. The third-order valence-corrected chi connectivity index (χ3v) is 3.69. The molecule has 0 unspecified atom stereocenters. The van der Waals surface area contributed by atoms with Gasteiger partial charge >= 0.3 is 6.09 Å². The largest absolute Gasteiger partial charge is 0.447 e. The standard InChI is InChI=1S/C13H17NO2S/c1-13(2,3)10-4-6-11(7-5-10)17-14-8-9-16-12(14)15/h4-7H,8-9H2,1-3H3. The van der Waals surface area contributed by atoms with Crippen LogP contribution in [0.2, 0.25) is 0 Å². The number of benzene rings is 1. The second-order valence-electron chi connectivity index (χ2n) is 5.08. The van der Waals surface area contributed by atoms with Crippen LogP contribution in [-0.4, -0.2) is 23.6 Å². The van der Waals surface area contributed by atoms with Crippen LogP contribution in [0.25, 0.3) is 0 Å². The van der Waals surface area contributed by atoms with Gasteiger partial charge in [0.05, 0.1) is 6.54 Å². The zero-order valence-corrected chi connectivity index (χ0v) is 11.2. The molecule has 3 nitrogen and oxygen atoms in total. The number of carbonyl (C=O) groups excluding carboxylic acids is 1. The van der Waals surface area contributed by atoms with Crippen LogP contribution in [0, 0.1) is 0 Å². The maximum absolute atomic E-state index is 11.3. The van der Waals surface area contributed by atoms with Gasteiger partial charge in [0.25, 0.3) is 0 Å². The van der Waals surface area contributed by atoms with E-state index >= 15 is 0 Å². The van der Waals surface area contributed by atoms with E-state index in [0.29, 0.717) is 13.2 Å². The van der Waals surface area contributed by atoms with Gasteiger partial charge in [-0.05, 0) is 35.1 Å². The molecule has 1 saturated heterocycles. The summed E-state index contributed by atoms with van der Waals surface area (Å²) in [7, 11) is 0. The minimum atomic E-state index is -0.241. The van der Waals surface area contributed by atoms with Gasteiger partial charge in [-0.2, -0.15) is 0 Å². The van der Waals surface area contributed by atoms with Crippen LogP contribution in [0.5, 0.6) is 0 Å². The quantitative estimate of drug-likeness (QED) is 0.754. The van der Waals surface area contributed by atoms with E-state index in [-0.39, 0.29) is 11.5 Å². The highest BCUT2D eigenvalue weighted by Gasteiger charge is 2.23. The number of hydrogen-bond acceptors (Lipinski definition) is 3. The van der Waals surface area contributed by atoms with E-state index in [1.54, 1.807) is 4.31 Å². The van der Waals surface area contributed by atoms with Crippen molar-refractivity contribution in [2.45, 2.75) is 31.1 Å². The average molecular weight is 251 g/mol. The first-order valence-electron chi connectivity index (χ1n) is 5.69. The summed E-state index contributed by atoms with van der Waals surface area (Å²) in [5.74, 6) is 0. The Labute approximate surface area is 106 Å². The second kappa shape index (κ2) is 4.61. The Morgan fingerprint density at radius 1 is 1.24 bits per heavy atom. The van der Waals surface area contributed by atoms with Crippen molar-refractivity contribution in [1.82, 2.24) is 4.31 Å². The van der Waals surface area contributed by atoms with Gasteiger partial charge in [0, 0.05) is 4.90 Å². The van der Waals surface area contributed by atoms with E-state index in [1.807, 2.05) is 0 Å². The van der Waals surface area contributed by atoms with Gasteiger partial charge in [-0.15, -0.1) is 0 Å². The number of carbonyl (C=O) groups is 1. The molecule has 0 saturated carbocycles. The van der Waals surface area contributed by atoms with Gasteiger partial charge in [0.1, 0.15) is 6.61 Å². The van der Waals surface area contributed by atoms with Crippen molar-refractivity contribution in [1.29, 1.82) is 0 Å². The highest BCUT2D eigenvalue weighted by atomic mass is 32.2. The smallest absolute Gasteiger partial charge is 0.420 e. The fourth-order valence-electron chi connectivity index (χ4n) is 1.61. The normalized spacial score (nSPS) is 16.2. The lowest BCUT2D eigenvalue weighted by atomic mass is 9.87. The Kier molecular flexibility index (Phi) is 3.33. The van der Waals surface area contributed by atoms with Gasteiger partial charge in [0.15, 0.2) is 0 Å². The van der Waals surface area contributed by atoms with Gasteiger partial charge in [-0.25, -0.2) is 9.10 Å². The molecular formula is C13H17NO2S. The summed E-state index contributed by atoms with van der Waals surface area (Å²) in [4.78, 5) is 12.4. The molecule has 1 aliphatic rings. The first-order chi connectivity index (χ1) is 7.97. The van der Waals surface area contributed by atoms with Crippen LogP contribution in [-0.2, 0) is 10.2 Å². The number of cyclic esters (lactones) is 1. The van der Waals surface area contributed by atoms with Crippen molar-refractivity contribution in [2.75, 3.05) is 13.2 Å². The van der Waals surface area contributed by atoms with E-state index in [0.717, 1.165) is 4.90 Å². The van der Waals surface area contributed by atoms with Crippen molar-refractivity contribution in [3.05, 3.63) is 29.8 Å². The number of hydrogen-bond donors (Lipinski definition) is 0. The minimum Gasteiger partial charge on any atom is -0.447 e. The predicted molar refractivity (Wildman–Crippen MR) is 69.1 cm³/mol. The van der Waals surface area contributed by atoms with Gasteiger partial charge in [-0.3, -0.25) is 0 Å². The summed E-state index contributed by atoms with van der Waals surface area (Å²) >= 11 is 1.44. The molecular weight excluding hydrogens is 234 g/mol. The maximum atomic E-state index is 11.3. The minimum absolute atomic E-state index is 0.162. The third-order valence-electron chi connectivity index (χ3n) is 2.66. The summed E-state index contributed by atoms with van der Waals surface area (Å²) in [6, 6.07) is 8.33. The zero-order chi connectivity index (χ0) is 12.5. The molecule has 92 valence electrons. The fourth-order valence-corrected chi connectivity index (χ4v) is 2.41. The predicted octanol–water partition coefficient (Wildman–Crippen LogP) is 3.44. The fraction of sp³-hybridized carbons (Fsp3) is 0.462. The molecule has 1 aromatic rings. The van der Waals surface area contributed by atoms with E-state index < -0.39 is 0 Å². The summed E-state index contributed by atoms with van der Waals surface area (Å²) < 4.78 is 6.53. The summed E-state index contributed by atoms with van der Waals surface area (Å²) in [6.45, 7) is 7.71. The molecule has 4 heteroatoms. The van der Waals surface area contributed by atoms with Crippen LogP contribution in [0.15, 0.2) is 29.2 Å². The summed E-state index contributed by atoms with van der Waals surface area (Å²) in [6.07, 6.45) is -0.241. The van der Waals surface area contributed by atoms with Crippen molar-refractivity contribution in [3.63, 3.8) is 0 Å². The topological polar surface area (TPSA) is 29.5 Å². The number of nitrogens with zero attached hydrogens (tertiary/aromatic N) is 1. The molecule has 0 N–H and O–H groups in total. The Bertz CT molecular complexity index is 408. The van der Waals surface area contributed by atoms with Gasteiger partial charge < -0.3 is 4.74 Å². The summed E-state index contributed by atoms with van der Waals surface area (Å²) in [5, 5.41) is 0. The molecule has 1 aromatic carbocycles. The SMILES string of the molecule is CC(C)(C)c1ccc(SN2CCOC2=O)cc1. The van der Waals surface area contributed by atoms with Crippen molar-refractivity contribution in [2.24, 2.45) is 0 Å².